The van der Waals surface area contributed by atoms with Gasteiger partial charge in [-0.2, -0.15) is 0 Å². The van der Waals surface area contributed by atoms with Gasteiger partial charge < -0.3 is 10.5 Å². The van der Waals surface area contributed by atoms with Crippen LogP contribution in [0.15, 0.2) is 24.3 Å². The summed E-state index contributed by atoms with van der Waals surface area (Å²) in [6, 6.07) is 8.47. The Hall–Kier alpha value is -0.860. The topological polar surface area (TPSA) is 35.2 Å². The Balaban J connectivity index is 2.89. The molecule has 2 atom stereocenters. The first-order chi connectivity index (χ1) is 8.07. The zero-order valence-corrected chi connectivity index (χ0v) is 11.5. The van der Waals surface area contributed by atoms with Crippen LogP contribution in [0.5, 0.6) is 0 Å². The van der Waals surface area contributed by atoms with Crippen molar-refractivity contribution in [3.63, 3.8) is 0 Å². The fourth-order valence-electron chi connectivity index (χ4n) is 2.05. The molecule has 2 N–H and O–H groups in total. The number of aryl methyl sites for hydroxylation is 1. The Morgan fingerprint density at radius 3 is 2.18 bits per heavy atom. The molecule has 2 nitrogen and oxygen atoms in total. The van der Waals surface area contributed by atoms with E-state index in [9.17, 15) is 0 Å². The van der Waals surface area contributed by atoms with Gasteiger partial charge in [0.05, 0.1) is 11.6 Å². The van der Waals surface area contributed by atoms with Gasteiger partial charge in [0.1, 0.15) is 0 Å². The van der Waals surface area contributed by atoms with Crippen LogP contribution in [0.3, 0.4) is 0 Å². The van der Waals surface area contributed by atoms with Crippen molar-refractivity contribution in [2.75, 3.05) is 6.61 Å². The minimum absolute atomic E-state index is 0.0710. The molecule has 0 aliphatic heterocycles. The summed E-state index contributed by atoms with van der Waals surface area (Å²) in [6.07, 6.45) is 1.98. The number of nitrogens with two attached hydrogens (primary N) is 1. The maximum Gasteiger partial charge on any atom is 0.0843 e. The summed E-state index contributed by atoms with van der Waals surface area (Å²) in [7, 11) is 0. The highest BCUT2D eigenvalue weighted by atomic mass is 16.5. The van der Waals surface area contributed by atoms with Gasteiger partial charge in [-0.1, -0.05) is 38.1 Å². The first kappa shape index (κ1) is 14.2. The molecule has 0 bridgehead atoms. The summed E-state index contributed by atoms with van der Waals surface area (Å²) >= 11 is 0. The molecule has 0 saturated heterocycles. The Bertz CT molecular complexity index is 333. The van der Waals surface area contributed by atoms with E-state index in [1.165, 1.54) is 5.56 Å². The van der Waals surface area contributed by atoms with Crippen molar-refractivity contribution in [1.82, 2.24) is 0 Å². The number of hydrogen-bond donors (Lipinski definition) is 1. The van der Waals surface area contributed by atoms with Crippen LogP contribution in [0, 0.1) is 0 Å². The van der Waals surface area contributed by atoms with E-state index in [1.807, 2.05) is 6.92 Å². The number of benzene rings is 1. The molecule has 2 unspecified atom stereocenters. The standard InChI is InChI=1S/C15H25NO/c1-5-12-8-10-13(11-9-12)14(16)15(4,6-2)17-7-3/h8-11,14H,5-7,16H2,1-4H3. The Labute approximate surface area is 105 Å². The van der Waals surface area contributed by atoms with E-state index in [0.29, 0.717) is 6.61 Å². The third-order valence-electron chi connectivity index (χ3n) is 3.58. The third kappa shape index (κ3) is 3.30. The van der Waals surface area contributed by atoms with Gasteiger partial charge in [0, 0.05) is 6.61 Å². The Morgan fingerprint density at radius 1 is 1.18 bits per heavy atom. The summed E-state index contributed by atoms with van der Waals surface area (Å²) in [4.78, 5) is 0. The number of hydrogen-bond acceptors (Lipinski definition) is 2. The smallest absolute Gasteiger partial charge is 0.0843 e. The minimum atomic E-state index is -0.275. The fourth-order valence-corrected chi connectivity index (χ4v) is 2.05. The highest BCUT2D eigenvalue weighted by Crippen LogP contribution is 2.30. The largest absolute Gasteiger partial charge is 0.374 e. The monoisotopic (exact) mass is 235 g/mol. The predicted octanol–water partition coefficient (Wildman–Crippen LogP) is 3.45. The molecule has 0 heterocycles. The van der Waals surface area contributed by atoms with Crippen LogP contribution in [0.4, 0.5) is 0 Å². The normalized spacial score (nSPS) is 16.5. The van der Waals surface area contributed by atoms with Gasteiger partial charge in [0.25, 0.3) is 0 Å². The second kappa shape index (κ2) is 6.18. The van der Waals surface area contributed by atoms with Crippen LogP contribution >= 0.6 is 0 Å². The lowest BCUT2D eigenvalue weighted by Gasteiger charge is -2.34. The quantitative estimate of drug-likeness (QED) is 0.819. The van der Waals surface area contributed by atoms with E-state index < -0.39 is 0 Å². The lowest BCUT2D eigenvalue weighted by Crippen LogP contribution is -2.40. The van der Waals surface area contributed by atoms with E-state index in [1.54, 1.807) is 0 Å². The summed E-state index contributed by atoms with van der Waals surface area (Å²) < 4.78 is 5.83. The molecule has 0 fully saturated rings. The van der Waals surface area contributed by atoms with Gasteiger partial charge in [0.2, 0.25) is 0 Å². The lowest BCUT2D eigenvalue weighted by molar-refractivity contribution is -0.0472. The van der Waals surface area contributed by atoms with Crippen LogP contribution in [-0.4, -0.2) is 12.2 Å². The molecule has 2 heteroatoms. The van der Waals surface area contributed by atoms with Crippen LogP contribution in [0.2, 0.25) is 0 Å². The summed E-state index contributed by atoms with van der Waals surface area (Å²) in [5.41, 5.74) is 8.56. The maximum atomic E-state index is 6.34. The summed E-state index contributed by atoms with van der Waals surface area (Å²) in [5, 5.41) is 0. The van der Waals surface area contributed by atoms with Crippen LogP contribution in [0.25, 0.3) is 0 Å². The van der Waals surface area contributed by atoms with Gasteiger partial charge in [-0.25, -0.2) is 0 Å². The minimum Gasteiger partial charge on any atom is -0.374 e. The van der Waals surface area contributed by atoms with E-state index in [0.717, 1.165) is 18.4 Å². The summed E-state index contributed by atoms with van der Waals surface area (Å²) in [5.74, 6) is 0. The van der Waals surface area contributed by atoms with Crippen molar-refractivity contribution in [2.45, 2.75) is 52.2 Å². The summed E-state index contributed by atoms with van der Waals surface area (Å²) in [6.45, 7) is 9.09. The van der Waals surface area contributed by atoms with Gasteiger partial charge in [0.15, 0.2) is 0 Å². The van der Waals surface area contributed by atoms with E-state index in [-0.39, 0.29) is 11.6 Å². The molecule has 1 aromatic rings. The van der Waals surface area contributed by atoms with E-state index >= 15 is 0 Å². The van der Waals surface area contributed by atoms with Gasteiger partial charge in [-0.15, -0.1) is 0 Å². The molecule has 0 amide bonds. The molecule has 1 aromatic carbocycles. The molecular formula is C15H25NO. The first-order valence-electron chi connectivity index (χ1n) is 6.55. The second-order valence-electron chi connectivity index (χ2n) is 4.67. The molecule has 0 spiro atoms. The molecular weight excluding hydrogens is 210 g/mol. The van der Waals surface area contributed by atoms with Gasteiger partial charge >= 0.3 is 0 Å². The van der Waals surface area contributed by atoms with E-state index in [2.05, 4.69) is 45.0 Å². The molecule has 96 valence electrons. The predicted molar refractivity (Wildman–Crippen MR) is 73.1 cm³/mol. The van der Waals surface area contributed by atoms with E-state index in [4.69, 9.17) is 10.5 Å². The molecule has 0 aliphatic carbocycles. The Morgan fingerprint density at radius 2 is 1.76 bits per heavy atom. The lowest BCUT2D eigenvalue weighted by atomic mass is 9.88. The SMILES string of the molecule is CCOC(C)(CC)C(N)c1ccc(CC)cc1. The maximum absolute atomic E-state index is 6.34. The number of ether oxygens (including phenoxy) is 1. The van der Waals surface area contributed by atoms with Crippen LogP contribution in [0.1, 0.15) is 51.3 Å². The van der Waals surface area contributed by atoms with Gasteiger partial charge in [-0.3, -0.25) is 0 Å². The molecule has 0 aliphatic rings. The van der Waals surface area contributed by atoms with Crippen molar-refractivity contribution in [3.8, 4) is 0 Å². The van der Waals surface area contributed by atoms with Crippen molar-refractivity contribution in [2.24, 2.45) is 5.73 Å². The molecule has 0 aromatic heterocycles. The fraction of sp³-hybridized carbons (Fsp3) is 0.600. The first-order valence-corrected chi connectivity index (χ1v) is 6.55. The molecule has 17 heavy (non-hydrogen) atoms. The molecule has 0 radical (unpaired) electrons. The van der Waals surface area contributed by atoms with Crippen LogP contribution in [-0.2, 0) is 11.2 Å². The highest BCUT2D eigenvalue weighted by Gasteiger charge is 2.31. The van der Waals surface area contributed by atoms with Crippen molar-refractivity contribution in [1.29, 1.82) is 0 Å². The number of rotatable bonds is 6. The van der Waals surface area contributed by atoms with Gasteiger partial charge in [-0.05, 0) is 37.8 Å². The van der Waals surface area contributed by atoms with Crippen molar-refractivity contribution >= 4 is 0 Å². The molecule has 0 saturated carbocycles. The second-order valence-corrected chi connectivity index (χ2v) is 4.67. The Kier molecular flexibility index (Phi) is 5.16. The zero-order chi connectivity index (χ0) is 12.9. The zero-order valence-electron chi connectivity index (χ0n) is 11.5. The molecule has 1 rings (SSSR count). The average molecular weight is 235 g/mol. The van der Waals surface area contributed by atoms with Crippen LogP contribution < -0.4 is 5.73 Å². The van der Waals surface area contributed by atoms with Crippen molar-refractivity contribution in [3.05, 3.63) is 35.4 Å². The third-order valence-corrected chi connectivity index (χ3v) is 3.58. The highest BCUT2D eigenvalue weighted by molar-refractivity contribution is 5.26. The van der Waals surface area contributed by atoms with Crippen molar-refractivity contribution < 1.29 is 4.74 Å². The average Bonchev–Trinajstić information content (AvgIpc) is 2.38.